The van der Waals surface area contributed by atoms with E-state index in [-0.39, 0.29) is 5.91 Å². The van der Waals surface area contributed by atoms with Crippen molar-refractivity contribution < 1.29 is 14.3 Å². The number of likely N-dealkylation sites (N-methyl/N-ethyl adjacent to an activating group) is 1. The van der Waals surface area contributed by atoms with Gasteiger partial charge in [0, 0.05) is 13.1 Å². The molecule has 5 nitrogen and oxygen atoms in total. The fraction of sp³-hybridized carbons (Fsp3) is 0.304. The van der Waals surface area contributed by atoms with Gasteiger partial charge in [0.15, 0.2) is 16.7 Å². The first kappa shape index (κ1) is 21.0. The molecule has 0 aliphatic carbocycles. The van der Waals surface area contributed by atoms with E-state index in [1.165, 1.54) is 17.3 Å². The van der Waals surface area contributed by atoms with Crippen molar-refractivity contribution in [3.05, 3.63) is 64.1 Å². The topological polar surface area (TPSA) is 51.1 Å². The molecule has 1 saturated heterocycles. The van der Waals surface area contributed by atoms with E-state index in [4.69, 9.17) is 9.47 Å². The van der Waals surface area contributed by atoms with Gasteiger partial charge in [-0.05, 0) is 61.9 Å². The Morgan fingerprint density at radius 2 is 1.97 bits per heavy atom. The molecule has 1 aliphatic heterocycles. The highest BCUT2D eigenvalue weighted by Gasteiger charge is 2.31. The first-order valence-electron chi connectivity index (χ1n) is 9.68. The zero-order valence-electron chi connectivity index (χ0n) is 17.3. The Balaban J connectivity index is 1.79. The molecule has 152 valence electrons. The van der Waals surface area contributed by atoms with Crippen LogP contribution in [0.25, 0.3) is 6.08 Å². The normalized spacial score (nSPS) is 16.7. The number of hydrogen-bond donors (Lipinski definition) is 0. The van der Waals surface area contributed by atoms with Crippen molar-refractivity contribution in [1.29, 1.82) is 0 Å². The van der Waals surface area contributed by atoms with Crippen LogP contribution in [0.3, 0.4) is 0 Å². The maximum absolute atomic E-state index is 12.6. The Labute approximate surface area is 176 Å². The number of carbonyl (C=O) groups is 1. The second-order valence-electron chi connectivity index (χ2n) is 6.61. The maximum atomic E-state index is 12.6. The van der Waals surface area contributed by atoms with E-state index < -0.39 is 0 Å². The summed E-state index contributed by atoms with van der Waals surface area (Å²) in [4.78, 5) is 19.4. The number of carbonyl (C=O) groups excluding carboxylic acids is 1. The van der Waals surface area contributed by atoms with Gasteiger partial charge in [-0.2, -0.15) is 0 Å². The molecule has 6 heteroatoms. The van der Waals surface area contributed by atoms with Crippen molar-refractivity contribution >= 4 is 28.9 Å². The first-order chi connectivity index (χ1) is 14.0. The third kappa shape index (κ3) is 5.01. The quantitative estimate of drug-likeness (QED) is 0.610. The lowest BCUT2D eigenvalue weighted by atomic mass is 10.1. The van der Waals surface area contributed by atoms with E-state index in [1.54, 1.807) is 12.0 Å². The SMILES string of the molecule is CCN=C1S/C(=C/c2ccc(OCc3cccc(C)c3)c(OC)c2)C(=O)N1CC. The molecule has 0 saturated carbocycles. The van der Waals surface area contributed by atoms with Crippen LogP contribution in [-0.4, -0.2) is 36.2 Å². The second kappa shape index (κ2) is 9.65. The van der Waals surface area contributed by atoms with Crippen LogP contribution in [0.5, 0.6) is 11.5 Å². The third-order valence-corrected chi connectivity index (χ3v) is 5.50. The molecule has 2 aromatic rings. The lowest BCUT2D eigenvalue weighted by Gasteiger charge is -2.12. The predicted octanol–water partition coefficient (Wildman–Crippen LogP) is 4.89. The summed E-state index contributed by atoms with van der Waals surface area (Å²) in [5, 5.41) is 0.760. The van der Waals surface area contributed by atoms with Gasteiger partial charge in [-0.3, -0.25) is 14.7 Å². The van der Waals surface area contributed by atoms with Gasteiger partial charge in [0.05, 0.1) is 12.0 Å². The van der Waals surface area contributed by atoms with Crippen molar-refractivity contribution in [2.45, 2.75) is 27.4 Å². The van der Waals surface area contributed by atoms with Crippen LogP contribution in [0, 0.1) is 6.92 Å². The number of hydrogen-bond acceptors (Lipinski definition) is 5. The fourth-order valence-corrected chi connectivity index (χ4v) is 4.15. The van der Waals surface area contributed by atoms with E-state index in [9.17, 15) is 4.79 Å². The number of aliphatic imine (C=N–C) groups is 1. The minimum Gasteiger partial charge on any atom is -0.493 e. The number of amides is 1. The number of amidine groups is 1. The summed E-state index contributed by atoms with van der Waals surface area (Å²) in [7, 11) is 1.62. The van der Waals surface area contributed by atoms with Crippen molar-refractivity contribution in [2.24, 2.45) is 4.99 Å². The zero-order valence-corrected chi connectivity index (χ0v) is 18.1. The summed E-state index contributed by atoms with van der Waals surface area (Å²) < 4.78 is 11.5. The first-order valence-corrected chi connectivity index (χ1v) is 10.5. The largest absolute Gasteiger partial charge is 0.493 e. The number of aryl methyl sites for hydroxylation is 1. The molecule has 0 unspecified atom stereocenters. The lowest BCUT2D eigenvalue weighted by Crippen LogP contribution is -2.28. The summed E-state index contributed by atoms with van der Waals surface area (Å²) in [6.07, 6.45) is 1.88. The molecule has 3 rings (SSSR count). The average molecular weight is 411 g/mol. The molecule has 0 spiro atoms. The lowest BCUT2D eigenvalue weighted by molar-refractivity contribution is -0.122. The fourth-order valence-electron chi connectivity index (χ4n) is 3.05. The van der Waals surface area contributed by atoms with Crippen LogP contribution in [0.4, 0.5) is 0 Å². The molecule has 2 aromatic carbocycles. The minimum absolute atomic E-state index is 0.0107. The van der Waals surface area contributed by atoms with Crippen LogP contribution >= 0.6 is 11.8 Å². The van der Waals surface area contributed by atoms with Crippen LogP contribution in [0.1, 0.15) is 30.5 Å². The van der Waals surface area contributed by atoms with Crippen LogP contribution < -0.4 is 9.47 Å². The highest BCUT2D eigenvalue weighted by molar-refractivity contribution is 8.18. The van der Waals surface area contributed by atoms with Gasteiger partial charge in [-0.25, -0.2) is 0 Å². The molecular weight excluding hydrogens is 384 g/mol. The number of thioether (sulfide) groups is 1. The predicted molar refractivity (Wildman–Crippen MR) is 119 cm³/mol. The van der Waals surface area contributed by atoms with E-state index in [0.29, 0.717) is 36.1 Å². The highest BCUT2D eigenvalue weighted by Crippen LogP contribution is 2.34. The Hall–Kier alpha value is -2.73. The van der Waals surface area contributed by atoms with Gasteiger partial charge in [-0.1, -0.05) is 35.9 Å². The summed E-state index contributed by atoms with van der Waals surface area (Å²) >= 11 is 1.41. The monoisotopic (exact) mass is 410 g/mol. The van der Waals surface area contributed by atoms with Crippen LogP contribution in [0.2, 0.25) is 0 Å². The molecule has 1 aliphatic rings. The molecule has 1 amide bonds. The molecule has 0 bridgehead atoms. The second-order valence-corrected chi connectivity index (χ2v) is 7.61. The van der Waals surface area contributed by atoms with Crippen LogP contribution in [-0.2, 0) is 11.4 Å². The number of ether oxygens (including phenoxy) is 2. The molecular formula is C23H26N2O3S. The van der Waals surface area contributed by atoms with Gasteiger partial charge in [0.25, 0.3) is 5.91 Å². The van der Waals surface area contributed by atoms with Crippen LogP contribution in [0.15, 0.2) is 52.4 Å². The van der Waals surface area contributed by atoms with E-state index >= 15 is 0 Å². The van der Waals surface area contributed by atoms with Crippen molar-refractivity contribution in [3.63, 3.8) is 0 Å². The molecule has 0 N–H and O–H groups in total. The molecule has 0 radical (unpaired) electrons. The zero-order chi connectivity index (χ0) is 20.8. The van der Waals surface area contributed by atoms with Gasteiger partial charge >= 0.3 is 0 Å². The molecule has 29 heavy (non-hydrogen) atoms. The van der Waals surface area contributed by atoms with E-state index in [2.05, 4.69) is 24.0 Å². The van der Waals surface area contributed by atoms with E-state index in [1.807, 2.05) is 50.3 Å². The van der Waals surface area contributed by atoms with E-state index in [0.717, 1.165) is 16.3 Å². The Bertz CT molecular complexity index is 953. The summed E-state index contributed by atoms with van der Waals surface area (Å²) in [6, 6.07) is 13.9. The standard InChI is InChI=1S/C23H26N2O3S/c1-5-24-23-25(6-2)22(26)21(29-23)14-17-10-11-19(20(13-17)27-4)28-15-18-9-7-8-16(3)12-18/h7-14H,5-6,15H2,1-4H3/b21-14+,24-23?. The summed E-state index contributed by atoms with van der Waals surface area (Å²) in [6.45, 7) is 7.71. The third-order valence-electron chi connectivity index (χ3n) is 4.46. The Morgan fingerprint density at radius 1 is 1.14 bits per heavy atom. The number of benzene rings is 2. The molecule has 0 atom stereocenters. The molecule has 1 fully saturated rings. The molecule has 1 heterocycles. The van der Waals surface area contributed by atoms with Crippen molar-refractivity contribution in [1.82, 2.24) is 4.90 Å². The van der Waals surface area contributed by atoms with Crippen molar-refractivity contribution in [2.75, 3.05) is 20.2 Å². The maximum Gasteiger partial charge on any atom is 0.266 e. The minimum atomic E-state index is -0.0107. The smallest absolute Gasteiger partial charge is 0.266 e. The van der Waals surface area contributed by atoms with Crippen molar-refractivity contribution in [3.8, 4) is 11.5 Å². The van der Waals surface area contributed by atoms with Gasteiger partial charge in [0.1, 0.15) is 6.61 Å². The number of methoxy groups -OCH3 is 1. The number of nitrogens with zero attached hydrogens (tertiary/aromatic N) is 2. The van der Waals surface area contributed by atoms with Gasteiger partial charge in [0.2, 0.25) is 0 Å². The summed E-state index contributed by atoms with van der Waals surface area (Å²) in [5.74, 6) is 1.30. The summed E-state index contributed by atoms with van der Waals surface area (Å²) in [5.41, 5.74) is 3.19. The molecule has 0 aromatic heterocycles. The van der Waals surface area contributed by atoms with Gasteiger partial charge < -0.3 is 9.47 Å². The average Bonchev–Trinajstić information content (AvgIpc) is 3.01. The highest BCUT2D eigenvalue weighted by atomic mass is 32.2. The number of rotatable bonds is 7. The van der Waals surface area contributed by atoms with Gasteiger partial charge in [-0.15, -0.1) is 0 Å². The Kier molecular flexibility index (Phi) is 6.99. The Morgan fingerprint density at radius 3 is 2.66 bits per heavy atom.